The fraction of sp³-hybridized carbons (Fsp3) is 0.158. The van der Waals surface area contributed by atoms with Crippen LogP contribution in [0.15, 0.2) is 65.2 Å². The Balaban J connectivity index is 2.26. The number of carbonyl (C=O) groups is 2. The summed E-state index contributed by atoms with van der Waals surface area (Å²) in [7, 11) is 0. The van der Waals surface area contributed by atoms with Crippen LogP contribution in [0.3, 0.4) is 0 Å². The molecule has 2 atom stereocenters. The lowest BCUT2D eigenvalue weighted by molar-refractivity contribution is -0.124. The minimum Gasteiger partial charge on any atom is -0.508 e. The van der Waals surface area contributed by atoms with E-state index in [0.29, 0.717) is 15.7 Å². The van der Waals surface area contributed by atoms with Gasteiger partial charge in [0.1, 0.15) is 11.9 Å². The Morgan fingerprint density at radius 3 is 2.56 bits per heavy atom. The van der Waals surface area contributed by atoms with Gasteiger partial charge in [-0.2, -0.15) is 0 Å². The van der Waals surface area contributed by atoms with Gasteiger partial charge in [-0.3, -0.25) is 15.3 Å². The smallest absolute Gasteiger partial charge is 0.412 e. The van der Waals surface area contributed by atoms with Crippen molar-refractivity contribution in [2.24, 2.45) is 5.92 Å². The highest BCUT2D eigenvalue weighted by Crippen LogP contribution is 2.35. The molecule has 0 aromatic heterocycles. The predicted molar refractivity (Wildman–Crippen MR) is 103 cm³/mol. The Kier molecular flexibility index (Phi) is 7.39. The van der Waals surface area contributed by atoms with E-state index in [1.54, 1.807) is 43.3 Å². The van der Waals surface area contributed by atoms with E-state index in [1.165, 1.54) is 17.6 Å². The van der Waals surface area contributed by atoms with Crippen molar-refractivity contribution in [3.05, 3.63) is 70.7 Å². The van der Waals surface area contributed by atoms with Gasteiger partial charge in [0.05, 0.1) is 0 Å². The highest BCUT2D eigenvalue weighted by Gasteiger charge is 2.25. The summed E-state index contributed by atoms with van der Waals surface area (Å²) in [6.07, 6.45) is 0.990. The average molecular weight is 435 g/mol. The van der Waals surface area contributed by atoms with Crippen molar-refractivity contribution >= 4 is 33.6 Å². The molecule has 0 spiro atoms. The number of anilines is 1. The number of carbonyl (C=O) groups excluding carboxylic acids is 2. The topological polar surface area (TPSA) is 108 Å². The standard InChI is InChI=1S/C19H19BrN2O5/c1-12(7-10-17(24)22-26)18(15-11-13(20)8-9-16(15)23)27-19(25)21-14-5-3-2-4-6-14/h2-12,18,23,26H,1H3,(H,21,25)(H,22,24)/b10-7+/t12-,18+/m1/s1. The third-order valence-corrected chi connectivity index (χ3v) is 4.18. The lowest BCUT2D eigenvalue weighted by atomic mass is 9.96. The zero-order chi connectivity index (χ0) is 19.8. The lowest BCUT2D eigenvalue weighted by Crippen LogP contribution is -2.22. The number of amides is 2. The van der Waals surface area contributed by atoms with Crippen LogP contribution >= 0.6 is 15.9 Å². The summed E-state index contributed by atoms with van der Waals surface area (Å²) in [5, 5.41) is 21.4. The van der Waals surface area contributed by atoms with E-state index in [2.05, 4.69) is 21.2 Å². The molecule has 0 fully saturated rings. The number of phenols is 1. The van der Waals surface area contributed by atoms with E-state index >= 15 is 0 Å². The molecule has 7 nitrogen and oxygen atoms in total. The number of para-hydroxylation sites is 1. The normalized spacial score (nSPS) is 13.0. The monoisotopic (exact) mass is 434 g/mol. The molecule has 0 aliphatic rings. The van der Waals surface area contributed by atoms with E-state index < -0.39 is 24.0 Å². The second-order valence-corrected chi connectivity index (χ2v) is 6.63. The van der Waals surface area contributed by atoms with Crippen molar-refractivity contribution in [1.29, 1.82) is 0 Å². The minimum absolute atomic E-state index is 0.0532. The first-order chi connectivity index (χ1) is 12.9. The predicted octanol–water partition coefficient (Wildman–Crippen LogP) is 4.14. The lowest BCUT2D eigenvalue weighted by Gasteiger charge is -2.23. The van der Waals surface area contributed by atoms with Gasteiger partial charge in [-0.1, -0.05) is 47.1 Å². The number of nitrogens with one attached hydrogen (secondary N) is 2. The maximum Gasteiger partial charge on any atom is 0.412 e. The quantitative estimate of drug-likeness (QED) is 0.310. The second kappa shape index (κ2) is 9.75. The zero-order valence-electron chi connectivity index (χ0n) is 14.4. The van der Waals surface area contributed by atoms with Crippen LogP contribution < -0.4 is 10.8 Å². The summed E-state index contributed by atoms with van der Waals surface area (Å²) >= 11 is 3.32. The Morgan fingerprint density at radius 1 is 1.19 bits per heavy atom. The Bertz CT molecular complexity index is 826. The van der Waals surface area contributed by atoms with Crippen LogP contribution in [0.25, 0.3) is 0 Å². The maximum atomic E-state index is 12.3. The number of ether oxygens (including phenoxy) is 1. The van der Waals surface area contributed by atoms with Gasteiger partial charge in [0, 0.05) is 27.7 Å². The molecule has 0 saturated heterocycles. The van der Waals surface area contributed by atoms with Gasteiger partial charge in [-0.15, -0.1) is 0 Å². The molecule has 8 heteroatoms. The molecule has 0 saturated carbocycles. The third kappa shape index (κ3) is 6.12. The number of rotatable bonds is 6. The summed E-state index contributed by atoms with van der Waals surface area (Å²) in [6.45, 7) is 1.71. The molecule has 4 N–H and O–H groups in total. The van der Waals surface area contributed by atoms with Crippen LogP contribution in [0.5, 0.6) is 5.75 Å². The first-order valence-electron chi connectivity index (χ1n) is 8.04. The zero-order valence-corrected chi connectivity index (χ0v) is 16.0. The number of phenolic OH excluding ortho intramolecular Hbond substituents is 1. The second-order valence-electron chi connectivity index (χ2n) is 5.71. The molecule has 2 rings (SSSR count). The highest BCUT2D eigenvalue weighted by molar-refractivity contribution is 9.10. The molecular formula is C19H19BrN2O5. The van der Waals surface area contributed by atoms with E-state index in [-0.39, 0.29) is 5.75 Å². The molecule has 142 valence electrons. The number of hydrogen-bond donors (Lipinski definition) is 4. The first kappa shape index (κ1) is 20.5. The molecule has 0 bridgehead atoms. The molecule has 2 aromatic rings. The molecular weight excluding hydrogens is 416 g/mol. The summed E-state index contributed by atoms with van der Waals surface area (Å²) in [6, 6.07) is 13.5. The number of benzene rings is 2. The maximum absolute atomic E-state index is 12.3. The van der Waals surface area contributed by atoms with E-state index in [1.807, 2.05) is 6.07 Å². The molecule has 0 heterocycles. The average Bonchev–Trinajstić information content (AvgIpc) is 2.66. The van der Waals surface area contributed by atoms with Crippen molar-refractivity contribution in [3.8, 4) is 5.75 Å². The van der Waals surface area contributed by atoms with Crippen LogP contribution in [0.4, 0.5) is 10.5 Å². The van der Waals surface area contributed by atoms with Crippen molar-refractivity contribution in [1.82, 2.24) is 5.48 Å². The van der Waals surface area contributed by atoms with Gasteiger partial charge >= 0.3 is 6.09 Å². The molecule has 27 heavy (non-hydrogen) atoms. The molecule has 0 radical (unpaired) electrons. The van der Waals surface area contributed by atoms with Gasteiger partial charge in [-0.25, -0.2) is 10.3 Å². The first-order valence-corrected chi connectivity index (χ1v) is 8.83. The SMILES string of the molecule is C[C@H](/C=C/C(=O)NO)[C@H](OC(=O)Nc1ccccc1)c1cc(Br)ccc1O. The number of hydrogen-bond acceptors (Lipinski definition) is 5. The van der Waals surface area contributed by atoms with Crippen molar-refractivity contribution in [3.63, 3.8) is 0 Å². The Morgan fingerprint density at radius 2 is 1.89 bits per heavy atom. The van der Waals surface area contributed by atoms with Gasteiger partial charge < -0.3 is 9.84 Å². The van der Waals surface area contributed by atoms with Gasteiger partial charge in [0.2, 0.25) is 0 Å². The summed E-state index contributed by atoms with van der Waals surface area (Å²) < 4.78 is 6.22. The summed E-state index contributed by atoms with van der Waals surface area (Å²) in [5.41, 5.74) is 2.42. The third-order valence-electron chi connectivity index (χ3n) is 3.69. The van der Waals surface area contributed by atoms with Crippen LogP contribution in [0.1, 0.15) is 18.6 Å². The van der Waals surface area contributed by atoms with Crippen LogP contribution in [0.2, 0.25) is 0 Å². The van der Waals surface area contributed by atoms with Crippen LogP contribution in [-0.4, -0.2) is 22.3 Å². The summed E-state index contributed by atoms with van der Waals surface area (Å²) in [4.78, 5) is 23.6. The molecule has 0 unspecified atom stereocenters. The minimum atomic E-state index is -0.881. The fourth-order valence-corrected chi connectivity index (χ4v) is 2.75. The largest absolute Gasteiger partial charge is 0.508 e. The molecule has 2 amide bonds. The Labute approximate surface area is 164 Å². The molecule has 0 aliphatic heterocycles. The van der Waals surface area contributed by atoms with Gasteiger partial charge in [-0.05, 0) is 30.3 Å². The van der Waals surface area contributed by atoms with E-state index in [9.17, 15) is 14.7 Å². The van der Waals surface area contributed by atoms with Crippen molar-refractivity contribution in [2.75, 3.05) is 5.32 Å². The van der Waals surface area contributed by atoms with Gasteiger partial charge in [0.25, 0.3) is 5.91 Å². The highest BCUT2D eigenvalue weighted by atomic mass is 79.9. The van der Waals surface area contributed by atoms with Crippen LogP contribution in [-0.2, 0) is 9.53 Å². The molecule has 0 aliphatic carbocycles. The number of halogens is 1. The van der Waals surface area contributed by atoms with Crippen molar-refractivity contribution in [2.45, 2.75) is 13.0 Å². The van der Waals surface area contributed by atoms with Crippen molar-refractivity contribution < 1.29 is 24.6 Å². The fourth-order valence-electron chi connectivity index (χ4n) is 2.37. The Hall–Kier alpha value is -2.84. The number of hydroxylamine groups is 1. The molecule has 2 aromatic carbocycles. The van der Waals surface area contributed by atoms with E-state index in [0.717, 1.165) is 6.08 Å². The van der Waals surface area contributed by atoms with E-state index in [4.69, 9.17) is 9.94 Å². The number of aromatic hydroxyl groups is 1. The van der Waals surface area contributed by atoms with Crippen LogP contribution in [0, 0.1) is 5.92 Å². The van der Waals surface area contributed by atoms with Gasteiger partial charge in [0.15, 0.2) is 0 Å². The summed E-state index contributed by atoms with van der Waals surface area (Å²) in [5.74, 6) is -1.25.